The van der Waals surface area contributed by atoms with Gasteiger partial charge in [-0.05, 0) is 43.0 Å². The van der Waals surface area contributed by atoms with E-state index >= 15 is 0 Å². The van der Waals surface area contributed by atoms with Crippen molar-refractivity contribution in [2.45, 2.75) is 32.1 Å². The third kappa shape index (κ3) is 2.02. The Morgan fingerprint density at radius 3 is 3.00 bits per heavy atom. The Labute approximate surface area is 102 Å². The largest absolute Gasteiger partial charge is 0.384 e. The fraction of sp³-hybridized carbons (Fsp3) is 0.500. The fourth-order valence-electron chi connectivity index (χ4n) is 2.71. The lowest BCUT2D eigenvalue weighted by atomic mass is 10.1. The summed E-state index contributed by atoms with van der Waals surface area (Å²) in [5.74, 6) is 0.286. The second kappa shape index (κ2) is 4.40. The third-order valence-electron chi connectivity index (χ3n) is 3.68. The van der Waals surface area contributed by atoms with Crippen LogP contribution in [0, 0.1) is 0 Å². The monoisotopic (exact) mass is 230 g/mol. The molecule has 1 N–H and O–H groups in total. The Bertz CT molecular complexity index is 442. The second-order valence-corrected chi connectivity index (χ2v) is 4.87. The van der Waals surface area contributed by atoms with E-state index in [1.165, 1.54) is 17.7 Å². The molecule has 3 nitrogen and oxygen atoms in total. The van der Waals surface area contributed by atoms with Gasteiger partial charge in [0.2, 0.25) is 5.91 Å². The normalized spacial score (nSPS) is 19.8. The molecule has 0 spiro atoms. The zero-order valence-electron chi connectivity index (χ0n) is 10.0. The van der Waals surface area contributed by atoms with Gasteiger partial charge < -0.3 is 10.2 Å². The molecule has 2 aliphatic heterocycles. The number of carbonyl (C=O) groups excluding carboxylic acids is 1. The van der Waals surface area contributed by atoms with Crippen LogP contribution in [0.15, 0.2) is 18.2 Å². The van der Waals surface area contributed by atoms with Crippen LogP contribution >= 0.6 is 0 Å². The molecule has 1 fully saturated rings. The number of carbonyl (C=O) groups is 1. The summed E-state index contributed by atoms with van der Waals surface area (Å²) in [4.78, 5) is 14.0. The molecule has 0 radical (unpaired) electrons. The van der Waals surface area contributed by atoms with Crippen molar-refractivity contribution in [1.29, 1.82) is 0 Å². The van der Waals surface area contributed by atoms with E-state index in [9.17, 15) is 4.79 Å². The number of hydrogen-bond acceptors (Lipinski definition) is 2. The molecule has 3 heteroatoms. The number of amides is 1. The van der Waals surface area contributed by atoms with Gasteiger partial charge in [0.15, 0.2) is 0 Å². The SMILES string of the molecule is O=C1CCCCCN1c1ccc2c(c1)CCN2. The molecule has 1 saturated heterocycles. The molecule has 1 aromatic carbocycles. The highest BCUT2D eigenvalue weighted by Crippen LogP contribution is 2.28. The molecule has 0 atom stereocenters. The van der Waals surface area contributed by atoms with E-state index in [1.807, 2.05) is 4.90 Å². The molecule has 3 rings (SSSR count). The maximum absolute atomic E-state index is 12.0. The molecule has 17 heavy (non-hydrogen) atoms. The zero-order valence-corrected chi connectivity index (χ0v) is 10.0. The minimum Gasteiger partial charge on any atom is -0.384 e. The molecule has 2 heterocycles. The van der Waals surface area contributed by atoms with Gasteiger partial charge in [-0.3, -0.25) is 4.79 Å². The van der Waals surface area contributed by atoms with Gasteiger partial charge in [-0.15, -0.1) is 0 Å². The lowest BCUT2D eigenvalue weighted by Gasteiger charge is -2.21. The Balaban J connectivity index is 1.89. The number of rotatable bonds is 1. The Morgan fingerprint density at radius 1 is 1.12 bits per heavy atom. The average Bonchev–Trinajstić information content (AvgIpc) is 2.70. The van der Waals surface area contributed by atoms with Gasteiger partial charge in [0.05, 0.1) is 0 Å². The van der Waals surface area contributed by atoms with Gasteiger partial charge >= 0.3 is 0 Å². The summed E-state index contributed by atoms with van der Waals surface area (Å²) in [5, 5.41) is 3.35. The standard InChI is InChI=1S/C14H18N2O/c17-14-4-2-1-3-9-16(14)12-5-6-13-11(10-12)7-8-15-13/h5-6,10,15H,1-4,7-9H2. The van der Waals surface area contributed by atoms with E-state index in [1.54, 1.807) is 0 Å². The van der Waals surface area contributed by atoms with Crippen LogP contribution in [0.25, 0.3) is 0 Å². The maximum atomic E-state index is 12.0. The second-order valence-electron chi connectivity index (χ2n) is 4.87. The number of anilines is 2. The lowest BCUT2D eigenvalue weighted by molar-refractivity contribution is -0.118. The van der Waals surface area contributed by atoms with E-state index in [0.29, 0.717) is 6.42 Å². The van der Waals surface area contributed by atoms with E-state index in [-0.39, 0.29) is 5.91 Å². The third-order valence-corrected chi connectivity index (χ3v) is 3.68. The highest BCUT2D eigenvalue weighted by Gasteiger charge is 2.19. The van der Waals surface area contributed by atoms with Gasteiger partial charge in [0.25, 0.3) is 0 Å². The molecular formula is C14H18N2O. The number of nitrogens with zero attached hydrogens (tertiary/aromatic N) is 1. The summed E-state index contributed by atoms with van der Waals surface area (Å²) >= 11 is 0. The van der Waals surface area contributed by atoms with Crippen molar-refractivity contribution in [3.05, 3.63) is 23.8 Å². The van der Waals surface area contributed by atoms with Crippen molar-refractivity contribution in [3.63, 3.8) is 0 Å². The molecule has 0 aliphatic carbocycles. The van der Waals surface area contributed by atoms with Gasteiger partial charge in [-0.25, -0.2) is 0 Å². The molecule has 2 aliphatic rings. The summed E-state index contributed by atoms with van der Waals surface area (Å²) in [6.45, 7) is 1.90. The Kier molecular flexibility index (Phi) is 2.75. The summed E-state index contributed by atoms with van der Waals surface area (Å²) < 4.78 is 0. The summed E-state index contributed by atoms with van der Waals surface area (Å²) in [6, 6.07) is 6.36. The molecule has 90 valence electrons. The van der Waals surface area contributed by atoms with Crippen molar-refractivity contribution in [1.82, 2.24) is 0 Å². The van der Waals surface area contributed by atoms with Crippen molar-refractivity contribution in [2.24, 2.45) is 0 Å². The quantitative estimate of drug-likeness (QED) is 0.804. The van der Waals surface area contributed by atoms with E-state index in [2.05, 4.69) is 23.5 Å². The smallest absolute Gasteiger partial charge is 0.226 e. The number of nitrogens with one attached hydrogen (secondary N) is 1. The average molecular weight is 230 g/mol. The minimum absolute atomic E-state index is 0.286. The Morgan fingerprint density at radius 2 is 2.06 bits per heavy atom. The van der Waals surface area contributed by atoms with Crippen molar-refractivity contribution in [3.8, 4) is 0 Å². The van der Waals surface area contributed by atoms with Crippen LogP contribution in [0.3, 0.4) is 0 Å². The van der Waals surface area contributed by atoms with Crippen LogP contribution in [0.2, 0.25) is 0 Å². The fourth-order valence-corrected chi connectivity index (χ4v) is 2.71. The first kappa shape index (κ1) is 10.6. The first-order chi connectivity index (χ1) is 8.34. The number of fused-ring (bicyclic) bond motifs is 1. The highest BCUT2D eigenvalue weighted by atomic mass is 16.2. The summed E-state index contributed by atoms with van der Waals surface area (Å²) in [6.07, 6.45) is 5.12. The maximum Gasteiger partial charge on any atom is 0.226 e. The molecule has 1 amide bonds. The molecule has 1 aromatic rings. The number of hydrogen-bond donors (Lipinski definition) is 1. The van der Waals surface area contributed by atoms with Crippen molar-refractivity contribution in [2.75, 3.05) is 23.3 Å². The predicted octanol–water partition coefficient (Wildman–Crippen LogP) is 2.56. The van der Waals surface area contributed by atoms with E-state index < -0.39 is 0 Å². The van der Waals surface area contributed by atoms with Crippen LogP contribution < -0.4 is 10.2 Å². The van der Waals surface area contributed by atoms with Gasteiger partial charge in [0.1, 0.15) is 0 Å². The molecule has 0 unspecified atom stereocenters. The molecular weight excluding hydrogens is 212 g/mol. The van der Waals surface area contributed by atoms with Crippen molar-refractivity contribution < 1.29 is 4.79 Å². The van der Waals surface area contributed by atoms with Gasteiger partial charge in [0, 0.05) is 30.9 Å². The first-order valence-corrected chi connectivity index (χ1v) is 6.52. The molecule has 0 aromatic heterocycles. The predicted molar refractivity (Wildman–Crippen MR) is 69.5 cm³/mol. The first-order valence-electron chi connectivity index (χ1n) is 6.52. The summed E-state index contributed by atoms with van der Waals surface area (Å²) in [7, 11) is 0. The Hall–Kier alpha value is -1.51. The zero-order chi connectivity index (χ0) is 11.7. The van der Waals surface area contributed by atoms with Crippen LogP contribution in [-0.2, 0) is 11.2 Å². The highest BCUT2D eigenvalue weighted by molar-refractivity contribution is 5.94. The van der Waals surface area contributed by atoms with Crippen LogP contribution in [-0.4, -0.2) is 19.0 Å². The molecule has 0 saturated carbocycles. The lowest BCUT2D eigenvalue weighted by Crippen LogP contribution is -2.29. The molecule has 0 bridgehead atoms. The van der Waals surface area contributed by atoms with Crippen LogP contribution in [0.5, 0.6) is 0 Å². The topological polar surface area (TPSA) is 32.3 Å². The van der Waals surface area contributed by atoms with Gasteiger partial charge in [-0.1, -0.05) is 6.42 Å². The van der Waals surface area contributed by atoms with E-state index in [0.717, 1.165) is 38.0 Å². The minimum atomic E-state index is 0.286. The van der Waals surface area contributed by atoms with E-state index in [4.69, 9.17) is 0 Å². The number of benzene rings is 1. The summed E-state index contributed by atoms with van der Waals surface area (Å²) in [5.41, 5.74) is 3.66. The van der Waals surface area contributed by atoms with Crippen LogP contribution in [0.4, 0.5) is 11.4 Å². The van der Waals surface area contributed by atoms with Gasteiger partial charge in [-0.2, -0.15) is 0 Å². The van der Waals surface area contributed by atoms with Crippen LogP contribution in [0.1, 0.15) is 31.2 Å². The van der Waals surface area contributed by atoms with Crippen molar-refractivity contribution >= 4 is 17.3 Å².